The molecular weight excluding hydrogens is 690 g/mol. The van der Waals surface area contributed by atoms with Crippen LogP contribution in [-0.2, 0) is 29.8 Å². The standard InChI is InChI=1S/C33H33F8NO6S/c1-2-3-10-29(27(44)45)17-28(18-29)14-19(15-28)26(43)42-12-11-30(49(46,47)22-7-5-21(34)6-8-22)23-9-4-20(13-24(23)48-16-25(30)42)31(35,32(36,37)38)33(39,40)41/h4-9,13,19,25H,2-3,10-12,14-18H2,1H3,(H,44,45). The van der Waals surface area contributed by atoms with E-state index >= 15 is 4.39 Å². The van der Waals surface area contributed by atoms with E-state index in [0.29, 0.717) is 38.2 Å². The Balaban J connectivity index is 1.35. The van der Waals surface area contributed by atoms with Crippen LogP contribution in [-0.4, -0.2) is 61.8 Å². The molecule has 1 amide bonds. The number of fused-ring (bicyclic) bond motifs is 3. The van der Waals surface area contributed by atoms with Crippen molar-refractivity contribution in [1.29, 1.82) is 0 Å². The predicted molar refractivity (Wildman–Crippen MR) is 156 cm³/mol. The molecule has 0 bridgehead atoms. The van der Waals surface area contributed by atoms with Gasteiger partial charge in [-0.3, -0.25) is 9.59 Å². The molecule has 2 aromatic rings. The minimum absolute atomic E-state index is 0.175. The van der Waals surface area contributed by atoms with E-state index in [1.807, 2.05) is 6.92 Å². The summed E-state index contributed by atoms with van der Waals surface area (Å²) in [7, 11) is -4.67. The molecule has 4 aliphatic rings. The molecule has 1 spiro atoms. The molecule has 2 unspecified atom stereocenters. The summed E-state index contributed by atoms with van der Waals surface area (Å²) in [4.78, 5) is 26.9. The number of unbranched alkanes of at least 4 members (excludes halogenated alkanes) is 1. The van der Waals surface area contributed by atoms with Gasteiger partial charge in [0, 0.05) is 23.6 Å². The third-order valence-electron chi connectivity index (χ3n) is 11.1. The number of rotatable bonds is 8. The van der Waals surface area contributed by atoms with Gasteiger partial charge in [0.1, 0.15) is 22.9 Å². The second-order valence-corrected chi connectivity index (χ2v) is 16.2. The summed E-state index contributed by atoms with van der Waals surface area (Å²) >= 11 is 0. The quantitative estimate of drug-likeness (QED) is 0.228. The number of carbonyl (C=O) groups excluding carboxylic acids is 1. The first-order chi connectivity index (χ1) is 22.7. The van der Waals surface area contributed by atoms with Crippen LogP contribution < -0.4 is 4.74 Å². The monoisotopic (exact) mass is 723 g/mol. The van der Waals surface area contributed by atoms with Gasteiger partial charge in [-0.25, -0.2) is 17.2 Å². The van der Waals surface area contributed by atoms with E-state index in [0.717, 1.165) is 37.1 Å². The number of halogens is 8. The third-order valence-corrected chi connectivity index (χ3v) is 13.7. The Morgan fingerprint density at radius 1 is 0.980 bits per heavy atom. The number of aliphatic carboxylic acids is 1. The van der Waals surface area contributed by atoms with Crippen LogP contribution in [0.3, 0.4) is 0 Å². The fraction of sp³-hybridized carbons (Fsp3) is 0.576. The number of benzene rings is 2. The average molecular weight is 724 g/mol. The SMILES string of the molecule is CCCCC1(C(=O)O)CC2(CC(C(=O)N3CCC4(S(=O)(=O)c5ccc(F)cc5)c5ccc(C(F)(C(F)(F)F)C(F)(F)F)cc5OCC34)C2)C1. The van der Waals surface area contributed by atoms with Crippen molar-refractivity contribution >= 4 is 21.7 Å². The minimum Gasteiger partial charge on any atom is -0.491 e. The Labute approximate surface area is 276 Å². The van der Waals surface area contributed by atoms with E-state index in [2.05, 4.69) is 0 Å². The molecule has 1 saturated heterocycles. The van der Waals surface area contributed by atoms with Gasteiger partial charge in [-0.15, -0.1) is 0 Å². The molecule has 2 saturated carbocycles. The van der Waals surface area contributed by atoms with Crippen molar-refractivity contribution in [2.75, 3.05) is 13.2 Å². The van der Waals surface area contributed by atoms with Gasteiger partial charge in [0.2, 0.25) is 5.91 Å². The number of hydrogen-bond donors (Lipinski definition) is 1. The molecule has 49 heavy (non-hydrogen) atoms. The van der Waals surface area contributed by atoms with Crippen LogP contribution >= 0.6 is 0 Å². The van der Waals surface area contributed by atoms with Gasteiger partial charge in [0.15, 0.2) is 9.84 Å². The first-order valence-corrected chi connectivity index (χ1v) is 17.3. The lowest BCUT2D eigenvalue weighted by Crippen LogP contribution is -2.61. The smallest absolute Gasteiger partial charge is 0.435 e. The maximum atomic E-state index is 15.0. The van der Waals surface area contributed by atoms with Crippen molar-refractivity contribution in [3.8, 4) is 5.75 Å². The summed E-state index contributed by atoms with van der Waals surface area (Å²) < 4.78 is 143. The fourth-order valence-electron chi connectivity index (χ4n) is 8.83. The Hall–Kier alpha value is -3.43. The Morgan fingerprint density at radius 3 is 2.14 bits per heavy atom. The molecule has 268 valence electrons. The lowest BCUT2D eigenvalue weighted by molar-refractivity contribution is -0.348. The van der Waals surface area contributed by atoms with Crippen LogP contribution in [0.2, 0.25) is 0 Å². The van der Waals surface area contributed by atoms with Crippen LogP contribution in [0, 0.1) is 22.6 Å². The summed E-state index contributed by atoms with van der Waals surface area (Å²) in [6.07, 6.45) is -9.52. The molecule has 2 heterocycles. The summed E-state index contributed by atoms with van der Waals surface area (Å²) in [5, 5.41) is 9.88. The predicted octanol–water partition coefficient (Wildman–Crippen LogP) is 7.23. The summed E-state index contributed by atoms with van der Waals surface area (Å²) in [6.45, 7) is 1.13. The Bertz CT molecular complexity index is 1750. The van der Waals surface area contributed by atoms with E-state index in [1.54, 1.807) is 0 Å². The molecular formula is C33H33F8NO6S. The van der Waals surface area contributed by atoms with Crippen LogP contribution in [0.15, 0.2) is 47.4 Å². The minimum atomic E-state index is -6.42. The number of alkyl halides is 7. The largest absolute Gasteiger partial charge is 0.491 e. The number of sulfone groups is 1. The summed E-state index contributed by atoms with van der Waals surface area (Å²) in [5.74, 6) is -3.39. The Morgan fingerprint density at radius 2 is 1.59 bits per heavy atom. The van der Waals surface area contributed by atoms with Gasteiger partial charge in [-0.05, 0) is 74.3 Å². The van der Waals surface area contributed by atoms with E-state index in [9.17, 15) is 53.8 Å². The molecule has 2 aliphatic heterocycles. The lowest BCUT2D eigenvalue weighted by atomic mass is 9.41. The van der Waals surface area contributed by atoms with E-state index in [1.165, 1.54) is 4.90 Å². The van der Waals surface area contributed by atoms with E-state index < -0.39 is 90.5 Å². The normalized spacial score (nSPS) is 29.8. The number of ether oxygens (including phenoxy) is 1. The van der Waals surface area contributed by atoms with Crippen molar-refractivity contribution in [2.24, 2.45) is 16.7 Å². The van der Waals surface area contributed by atoms with Gasteiger partial charge in [0.25, 0.3) is 0 Å². The van der Waals surface area contributed by atoms with Crippen LogP contribution in [0.25, 0.3) is 0 Å². The number of carboxylic acid groups (broad SMARTS) is 1. The summed E-state index contributed by atoms with van der Waals surface area (Å²) in [6, 6.07) is 3.44. The van der Waals surface area contributed by atoms with Crippen LogP contribution in [0.4, 0.5) is 35.1 Å². The van der Waals surface area contributed by atoms with Gasteiger partial charge < -0.3 is 14.7 Å². The molecule has 1 N–H and O–H groups in total. The fourth-order valence-corrected chi connectivity index (χ4v) is 11.1. The first-order valence-electron chi connectivity index (χ1n) is 15.8. The van der Waals surface area contributed by atoms with Crippen molar-refractivity contribution in [1.82, 2.24) is 4.90 Å². The van der Waals surface area contributed by atoms with Crippen molar-refractivity contribution < 1.29 is 63.0 Å². The number of hydrogen-bond acceptors (Lipinski definition) is 5. The van der Waals surface area contributed by atoms with Crippen LogP contribution in [0.5, 0.6) is 5.75 Å². The van der Waals surface area contributed by atoms with Crippen molar-refractivity contribution in [2.45, 2.75) is 92.0 Å². The molecule has 2 atom stereocenters. The maximum Gasteiger partial charge on any atom is 0.435 e. The lowest BCUT2D eigenvalue weighted by Gasteiger charge is -2.62. The van der Waals surface area contributed by atoms with E-state index in [-0.39, 0.29) is 36.1 Å². The molecule has 7 nitrogen and oxygen atoms in total. The molecule has 2 aliphatic carbocycles. The van der Waals surface area contributed by atoms with Gasteiger partial charge >= 0.3 is 24.0 Å². The van der Waals surface area contributed by atoms with Crippen LogP contribution in [0.1, 0.15) is 69.4 Å². The Kier molecular flexibility index (Phi) is 8.16. The highest BCUT2D eigenvalue weighted by atomic mass is 32.2. The number of amides is 1. The van der Waals surface area contributed by atoms with Gasteiger partial charge in [-0.1, -0.05) is 31.9 Å². The highest BCUT2D eigenvalue weighted by Crippen LogP contribution is 2.68. The second-order valence-electron chi connectivity index (χ2n) is 14.0. The van der Waals surface area contributed by atoms with Crippen molar-refractivity contribution in [3.63, 3.8) is 0 Å². The third kappa shape index (κ3) is 5.04. The van der Waals surface area contributed by atoms with Gasteiger partial charge in [-0.2, -0.15) is 26.3 Å². The number of nitrogens with zero attached hydrogens (tertiary/aromatic N) is 1. The number of carboxylic acids is 1. The maximum absolute atomic E-state index is 15.0. The zero-order valence-electron chi connectivity index (χ0n) is 26.1. The zero-order chi connectivity index (χ0) is 36.0. The second kappa shape index (κ2) is 11.3. The zero-order valence-corrected chi connectivity index (χ0v) is 27.0. The topological polar surface area (TPSA) is 101 Å². The average Bonchev–Trinajstić information content (AvgIpc) is 3.39. The molecule has 2 aromatic carbocycles. The van der Waals surface area contributed by atoms with E-state index in [4.69, 9.17) is 4.74 Å². The van der Waals surface area contributed by atoms with Gasteiger partial charge in [0.05, 0.1) is 16.4 Å². The number of carbonyl (C=O) groups is 2. The number of likely N-dealkylation sites (tertiary alicyclic amines) is 1. The molecule has 0 radical (unpaired) electrons. The highest BCUT2D eigenvalue weighted by Gasteiger charge is 2.74. The molecule has 3 fully saturated rings. The molecule has 16 heteroatoms. The molecule has 0 aromatic heterocycles. The highest BCUT2D eigenvalue weighted by molar-refractivity contribution is 7.92. The van der Waals surface area contributed by atoms with Crippen molar-refractivity contribution in [3.05, 3.63) is 59.4 Å². The first kappa shape index (κ1) is 35.4. The summed E-state index contributed by atoms with van der Waals surface area (Å²) in [5.41, 5.74) is -9.21. The molecule has 6 rings (SSSR count).